The van der Waals surface area contributed by atoms with Gasteiger partial charge in [-0.05, 0) is 34.7 Å². The van der Waals surface area contributed by atoms with Crippen molar-refractivity contribution in [3.05, 3.63) is 71.1 Å². The second-order valence-corrected chi connectivity index (χ2v) is 7.48. The third-order valence-electron chi connectivity index (χ3n) is 5.09. The average Bonchev–Trinajstić information content (AvgIpc) is 3.13. The van der Waals surface area contributed by atoms with E-state index in [2.05, 4.69) is 37.9 Å². The fraction of sp³-hybridized carbons (Fsp3) is 0.174. The lowest BCUT2D eigenvalue weighted by molar-refractivity contribution is -0.134. The highest BCUT2D eigenvalue weighted by Crippen LogP contribution is 2.35. The van der Waals surface area contributed by atoms with Crippen LogP contribution in [0.5, 0.6) is 0 Å². The molecule has 0 saturated heterocycles. The second-order valence-electron chi connectivity index (χ2n) is 7.10. The van der Waals surface area contributed by atoms with Crippen LogP contribution in [0.1, 0.15) is 11.1 Å². The Morgan fingerprint density at radius 1 is 1.23 bits per heavy atom. The molecule has 0 amide bonds. The van der Waals surface area contributed by atoms with Crippen LogP contribution in [0.2, 0.25) is 5.02 Å². The first kappa shape index (κ1) is 19.9. The molecule has 0 N–H and O–H groups in total. The molecule has 4 rings (SSSR count). The van der Waals surface area contributed by atoms with Crippen LogP contribution in [0.25, 0.3) is 27.8 Å². The van der Waals surface area contributed by atoms with E-state index in [9.17, 15) is 4.79 Å². The topological polar surface area (TPSA) is 60.2 Å². The zero-order chi connectivity index (χ0) is 21.3. The van der Waals surface area contributed by atoms with Crippen molar-refractivity contribution in [1.82, 2.24) is 14.8 Å². The van der Waals surface area contributed by atoms with Crippen LogP contribution in [0.3, 0.4) is 0 Å². The first-order chi connectivity index (χ1) is 14.5. The zero-order valence-corrected chi connectivity index (χ0v) is 17.7. The van der Waals surface area contributed by atoms with Gasteiger partial charge in [-0.25, -0.2) is 4.79 Å². The molecule has 30 heavy (non-hydrogen) atoms. The van der Waals surface area contributed by atoms with Gasteiger partial charge in [0.25, 0.3) is 0 Å². The van der Waals surface area contributed by atoms with E-state index in [1.54, 1.807) is 23.2 Å². The maximum atomic E-state index is 11.3. The van der Waals surface area contributed by atoms with Crippen molar-refractivity contribution in [1.29, 1.82) is 0 Å². The van der Waals surface area contributed by atoms with Crippen LogP contribution in [0, 0.1) is 0 Å². The van der Waals surface area contributed by atoms with Gasteiger partial charge in [0, 0.05) is 43.7 Å². The molecule has 0 aliphatic rings. The minimum absolute atomic E-state index is 0.402. The van der Waals surface area contributed by atoms with Gasteiger partial charge in [-0.3, -0.25) is 9.67 Å². The largest absolute Gasteiger partial charge is 0.466 e. The monoisotopic (exact) mass is 420 g/mol. The normalized spacial score (nSPS) is 11.5. The van der Waals surface area contributed by atoms with E-state index in [-0.39, 0.29) is 0 Å². The van der Waals surface area contributed by atoms with E-state index in [0.717, 1.165) is 38.5 Å². The van der Waals surface area contributed by atoms with Gasteiger partial charge in [-0.1, -0.05) is 29.8 Å². The van der Waals surface area contributed by atoms with Gasteiger partial charge in [-0.15, -0.1) is 0 Å². The summed E-state index contributed by atoms with van der Waals surface area (Å²) in [5.41, 5.74) is 3.78. The summed E-state index contributed by atoms with van der Waals surface area (Å²) in [5, 5.41) is 8.18. The number of halogens is 1. The summed E-state index contributed by atoms with van der Waals surface area (Å²) in [7, 11) is 5.25. The van der Waals surface area contributed by atoms with Crippen LogP contribution in [0.4, 0.5) is 5.69 Å². The molecule has 7 heteroatoms. The lowest BCUT2D eigenvalue weighted by Gasteiger charge is -2.21. The molecule has 0 bridgehead atoms. The molecule has 0 spiro atoms. The predicted molar refractivity (Wildman–Crippen MR) is 121 cm³/mol. The number of benzene rings is 2. The lowest BCUT2D eigenvalue weighted by atomic mass is 10.0. The Balaban J connectivity index is 1.69. The van der Waals surface area contributed by atoms with Crippen LogP contribution in [-0.4, -0.2) is 34.9 Å². The number of aromatic nitrogens is 3. The zero-order valence-electron chi connectivity index (χ0n) is 17.0. The highest BCUT2D eigenvalue weighted by atomic mass is 35.5. The van der Waals surface area contributed by atoms with Gasteiger partial charge in [-0.2, -0.15) is 5.10 Å². The average molecular weight is 421 g/mol. The Bertz CT molecular complexity index is 1280. The van der Waals surface area contributed by atoms with Crippen molar-refractivity contribution in [2.75, 3.05) is 19.1 Å². The third kappa shape index (κ3) is 3.74. The molecule has 0 fully saturated rings. The third-order valence-corrected chi connectivity index (χ3v) is 5.46. The SMILES string of the molecule is COC(=O)/C=C/c1cncc(N(C)Cc2cccc3cc4cnn(C)c4c(Cl)c23)c1. The number of carbonyl (C=O) groups excluding carboxylic acids is 1. The lowest BCUT2D eigenvalue weighted by Crippen LogP contribution is -2.17. The summed E-state index contributed by atoms with van der Waals surface area (Å²) in [6, 6.07) is 10.3. The summed E-state index contributed by atoms with van der Waals surface area (Å²) in [5.74, 6) is -0.402. The Morgan fingerprint density at radius 3 is 2.87 bits per heavy atom. The van der Waals surface area contributed by atoms with Crippen LogP contribution >= 0.6 is 11.6 Å². The fourth-order valence-corrected chi connectivity index (χ4v) is 4.04. The fourth-order valence-electron chi connectivity index (χ4n) is 3.58. The van der Waals surface area contributed by atoms with Gasteiger partial charge >= 0.3 is 5.97 Å². The first-order valence-electron chi connectivity index (χ1n) is 9.42. The Labute approximate surface area is 179 Å². The van der Waals surface area contributed by atoms with Crippen molar-refractivity contribution in [2.45, 2.75) is 6.54 Å². The van der Waals surface area contributed by atoms with E-state index in [4.69, 9.17) is 11.6 Å². The Kier molecular flexibility index (Phi) is 5.42. The smallest absolute Gasteiger partial charge is 0.330 e. The van der Waals surface area contributed by atoms with Crippen molar-refractivity contribution in [2.24, 2.45) is 7.05 Å². The minimum Gasteiger partial charge on any atom is -0.466 e. The predicted octanol–water partition coefficient (Wildman–Crippen LogP) is 4.60. The van der Waals surface area contributed by atoms with Crippen molar-refractivity contribution >= 4 is 51.0 Å². The molecule has 2 aromatic heterocycles. The molecule has 0 saturated carbocycles. The van der Waals surface area contributed by atoms with Crippen LogP contribution in [-0.2, 0) is 23.1 Å². The van der Waals surface area contributed by atoms with Crippen molar-refractivity contribution < 1.29 is 9.53 Å². The summed E-state index contributed by atoms with van der Waals surface area (Å²) in [6.45, 7) is 0.645. The number of hydrogen-bond acceptors (Lipinski definition) is 5. The summed E-state index contributed by atoms with van der Waals surface area (Å²) >= 11 is 6.82. The van der Waals surface area contributed by atoms with E-state index < -0.39 is 5.97 Å². The van der Waals surface area contributed by atoms with Gasteiger partial charge in [0.1, 0.15) is 0 Å². The number of anilines is 1. The van der Waals surface area contributed by atoms with Crippen molar-refractivity contribution in [3.8, 4) is 0 Å². The molecule has 0 radical (unpaired) electrons. The van der Waals surface area contributed by atoms with E-state index >= 15 is 0 Å². The molecular weight excluding hydrogens is 400 g/mol. The molecule has 0 aliphatic carbocycles. The number of esters is 1. The van der Waals surface area contributed by atoms with E-state index in [0.29, 0.717) is 11.6 Å². The van der Waals surface area contributed by atoms with E-state index in [1.807, 2.05) is 32.4 Å². The summed E-state index contributed by atoms with van der Waals surface area (Å²) in [6.07, 6.45) is 8.39. The molecular formula is C23H21ClN4O2. The number of pyridine rings is 1. The molecule has 4 aromatic rings. The van der Waals surface area contributed by atoms with Gasteiger partial charge in [0.15, 0.2) is 0 Å². The number of fused-ring (bicyclic) bond motifs is 2. The number of carbonyl (C=O) groups is 1. The highest BCUT2D eigenvalue weighted by Gasteiger charge is 2.14. The number of hydrogen-bond donors (Lipinski definition) is 0. The molecule has 0 aliphatic heterocycles. The molecule has 0 unspecified atom stereocenters. The van der Waals surface area contributed by atoms with Crippen LogP contribution in [0.15, 0.2) is 55.0 Å². The molecule has 0 atom stereocenters. The maximum absolute atomic E-state index is 11.3. The summed E-state index contributed by atoms with van der Waals surface area (Å²) < 4.78 is 6.44. The van der Waals surface area contributed by atoms with Crippen molar-refractivity contribution in [3.63, 3.8) is 0 Å². The summed E-state index contributed by atoms with van der Waals surface area (Å²) in [4.78, 5) is 17.7. The Morgan fingerprint density at radius 2 is 2.07 bits per heavy atom. The number of aryl methyl sites for hydroxylation is 1. The van der Waals surface area contributed by atoms with E-state index in [1.165, 1.54) is 13.2 Å². The number of ether oxygens (including phenoxy) is 1. The number of rotatable bonds is 5. The minimum atomic E-state index is -0.402. The standard InChI is InChI=1S/C23H21ClN4O2/c1-27(19-9-15(11-25-13-19)7-8-20(29)30-3)14-17-6-4-5-16-10-18-12-26-28(2)23(18)22(24)21(16)17/h4-13H,14H2,1-3H3/b8-7+. The molecule has 6 nitrogen and oxygen atoms in total. The molecule has 152 valence electrons. The second kappa shape index (κ2) is 8.16. The number of methoxy groups -OCH3 is 1. The quantitative estimate of drug-likeness (QED) is 0.349. The highest BCUT2D eigenvalue weighted by molar-refractivity contribution is 6.40. The van der Waals surface area contributed by atoms with Crippen LogP contribution < -0.4 is 4.90 Å². The van der Waals surface area contributed by atoms with Gasteiger partial charge in [0.05, 0.1) is 35.7 Å². The molecule has 2 aromatic carbocycles. The Hall–Kier alpha value is -3.38. The first-order valence-corrected chi connectivity index (χ1v) is 9.79. The number of nitrogens with zero attached hydrogens (tertiary/aromatic N) is 4. The maximum Gasteiger partial charge on any atom is 0.330 e. The van der Waals surface area contributed by atoms with Gasteiger partial charge < -0.3 is 9.64 Å². The van der Waals surface area contributed by atoms with Gasteiger partial charge in [0.2, 0.25) is 0 Å². The molecule has 2 heterocycles.